The Labute approximate surface area is 160 Å². The number of methoxy groups -OCH3 is 2. The number of nitrogens with one attached hydrogen (secondary N) is 1. The van der Waals surface area contributed by atoms with Gasteiger partial charge in [-0.25, -0.2) is 0 Å². The van der Waals surface area contributed by atoms with Crippen molar-refractivity contribution in [3.05, 3.63) is 29.5 Å². The Hall–Kier alpha value is -2.01. The lowest BCUT2D eigenvalue weighted by molar-refractivity contribution is -0.162. The molecular weight excluding hydrogens is 340 g/mol. The first-order chi connectivity index (χ1) is 13.1. The van der Waals surface area contributed by atoms with Crippen molar-refractivity contribution in [2.24, 2.45) is 11.8 Å². The van der Waals surface area contributed by atoms with Crippen molar-refractivity contribution >= 4 is 16.9 Å². The third-order valence-electron chi connectivity index (χ3n) is 7.37. The van der Waals surface area contributed by atoms with Crippen LogP contribution in [0.4, 0.5) is 0 Å². The number of fused-ring (bicyclic) bond motifs is 4. The number of rotatable bonds is 3. The Morgan fingerprint density at radius 1 is 1.37 bits per heavy atom. The zero-order chi connectivity index (χ0) is 18.8. The minimum absolute atomic E-state index is 0.0676. The molecule has 2 aromatic rings. The number of esters is 1. The molecule has 1 aromatic heterocycles. The van der Waals surface area contributed by atoms with Gasteiger partial charge in [-0.15, -0.1) is 0 Å². The fourth-order valence-corrected chi connectivity index (χ4v) is 6.43. The highest BCUT2D eigenvalue weighted by Crippen LogP contribution is 2.55. The molecule has 3 aliphatic heterocycles. The highest BCUT2D eigenvalue weighted by atomic mass is 16.5. The molecule has 4 heterocycles. The van der Waals surface area contributed by atoms with Crippen molar-refractivity contribution in [2.45, 2.75) is 44.1 Å². The fraction of sp³-hybridized carbons (Fsp3) is 0.591. The van der Waals surface area contributed by atoms with Gasteiger partial charge in [0.2, 0.25) is 0 Å². The van der Waals surface area contributed by atoms with E-state index in [2.05, 4.69) is 22.9 Å². The molecule has 1 aliphatic carbocycles. The number of aromatic amines is 1. The third-order valence-corrected chi connectivity index (χ3v) is 7.37. The summed E-state index contributed by atoms with van der Waals surface area (Å²) in [5.41, 5.74) is 2.88. The quantitative estimate of drug-likeness (QED) is 0.845. The molecule has 5 atom stereocenters. The summed E-state index contributed by atoms with van der Waals surface area (Å²) in [6, 6.07) is 6.43. The van der Waals surface area contributed by atoms with E-state index in [1.54, 1.807) is 14.2 Å². The number of carbonyl (C=O) groups is 1. The molecule has 2 saturated heterocycles. The number of aromatic nitrogens is 1. The molecule has 27 heavy (non-hydrogen) atoms. The van der Waals surface area contributed by atoms with Crippen LogP contribution in [0.25, 0.3) is 10.9 Å². The van der Waals surface area contributed by atoms with Gasteiger partial charge in [0.25, 0.3) is 0 Å². The topological polar surface area (TPSA) is 54.6 Å². The summed E-state index contributed by atoms with van der Waals surface area (Å²) in [4.78, 5) is 19.6. The van der Waals surface area contributed by atoms with Crippen LogP contribution >= 0.6 is 0 Å². The van der Waals surface area contributed by atoms with E-state index in [0.29, 0.717) is 11.8 Å². The van der Waals surface area contributed by atoms with Crippen molar-refractivity contribution in [3.63, 3.8) is 0 Å². The van der Waals surface area contributed by atoms with Crippen LogP contribution in [0, 0.1) is 11.8 Å². The fourth-order valence-electron chi connectivity index (χ4n) is 6.43. The van der Waals surface area contributed by atoms with Gasteiger partial charge < -0.3 is 14.5 Å². The summed E-state index contributed by atoms with van der Waals surface area (Å²) in [5.74, 6) is 1.88. The number of piperidine rings is 2. The first kappa shape index (κ1) is 17.1. The molecule has 1 N–H and O–H groups in total. The maximum atomic E-state index is 13.4. The number of ether oxygens (including phenoxy) is 2. The average Bonchev–Trinajstić information content (AvgIpc) is 3.04. The molecule has 3 fully saturated rings. The molecule has 4 bridgehead atoms. The largest absolute Gasteiger partial charge is 0.497 e. The molecule has 5 heteroatoms. The van der Waals surface area contributed by atoms with E-state index in [-0.39, 0.29) is 12.0 Å². The van der Waals surface area contributed by atoms with Crippen molar-refractivity contribution in [3.8, 4) is 5.75 Å². The van der Waals surface area contributed by atoms with Crippen LogP contribution in [0.2, 0.25) is 0 Å². The Balaban J connectivity index is 1.78. The second kappa shape index (κ2) is 5.99. The smallest absolute Gasteiger partial charge is 0.319 e. The average molecular weight is 368 g/mol. The van der Waals surface area contributed by atoms with Gasteiger partial charge in [-0.3, -0.25) is 9.69 Å². The lowest BCUT2D eigenvalue weighted by Gasteiger charge is -2.57. The predicted molar refractivity (Wildman–Crippen MR) is 104 cm³/mol. The Bertz CT molecular complexity index is 904. The Kier molecular flexibility index (Phi) is 3.80. The summed E-state index contributed by atoms with van der Waals surface area (Å²) in [6.07, 6.45) is 4.22. The molecule has 3 unspecified atom stereocenters. The summed E-state index contributed by atoms with van der Waals surface area (Å²) in [6.45, 7) is 4.40. The molecule has 0 spiro atoms. The molecule has 1 saturated carbocycles. The molecule has 6 rings (SSSR count). The maximum absolute atomic E-state index is 13.4. The molecular formula is C22H28N2O3. The summed E-state index contributed by atoms with van der Waals surface area (Å²) in [7, 11) is 3.23. The zero-order valence-electron chi connectivity index (χ0n) is 16.4. The van der Waals surface area contributed by atoms with Crippen LogP contribution in [-0.2, 0) is 21.4 Å². The number of carbonyl (C=O) groups excluding carboxylic acids is 1. The first-order valence-corrected chi connectivity index (χ1v) is 10.1. The van der Waals surface area contributed by atoms with Gasteiger partial charge in [-0.2, -0.15) is 0 Å². The van der Waals surface area contributed by atoms with Crippen LogP contribution in [0.1, 0.15) is 37.4 Å². The lowest BCUT2D eigenvalue weighted by atomic mass is 9.56. The molecule has 144 valence electrons. The van der Waals surface area contributed by atoms with Gasteiger partial charge in [0, 0.05) is 41.8 Å². The molecule has 4 aliphatic rings. The predicted octanol–water partition coefficient (Wildman–Crippen LogP) is 3.26. The van der Waals surface area contributed by atoms with E-state index in [9.17, 15) is 4.79 Å². The van der Waals surface area contributed by atoms with Crippen molar-refractivity contribution in [1.82, 2.24) is 9.88 Å². The van der Waals surface area contributed by atoms with Gasteiger partial charge in [-0.1, -0.05) is 13.3 Å². The maximum Gasteiger partial charge on any atom is 0.319 e. The van der Waals surface area contributed by atoms with Crippen molar-refractivity contribution in [2.75, 3.05) is 27.3 Å². The molecule has 0 amide bonds. The van der Waals surface area contributed by atoms with Crippen LogP contribution < -0.4 is 4.74 Å². The summed E-state index contributed by atoms with van der Waals surface area (Å²) in [5, 5.41) is 1.21. The van der Waals surface area contributed by atoms with E-state index >= 15 is 0 Å². The van der Waals surface area contributed by atoms with Gasteiger partial charge in [0.15, 0.2) is 0 Å². The van der Waals surface area contributed by atoms with E-state index in [1.165, 1.54) is 17.4 Å². The highest BCUT2D eigenvalue weighted by molar-refractivity contribution is 5.92. The van der Waals surface area contributed by atoms with E-state index in [1.807, 2.05) is 12.1 Å². The first-order valence-electron chi connectivity index (χ1n) is 10.1. The number of hydrogen-bond acceptors (Lipinski definition) is 4. The van der Waals surface area contributed by atoms with Gasteiger partial charge in [0.05, 0.1) is 14.2 Å². The van der Waals surface area contributed by atoms with Crippen LogP contribution in [0.3, 0.4) is 0 Å². The van der Waals surface area contributed by atoms with Crippen molar-refractivity contribution < 1.29 is 14.3 Å². The number of hydrogen-bond donors (Lipinski definition) is 1. The van der Waals surface area contributed by atoms with E-state index < -0.39 is 5.41 Å². The Morgan fingerprint density at radius 2 is 2.22 bits per heavy atom. The Morgan fingerprint density at radius 3 is 2.96 bits per heavy atom. The standard InChI is InChI=1S/C22H28N2O3/c1-4-14-9-13-11-22(21(25)27-3)19-17(7-8-24(12-13)20(14)22)16-6-5-15(26-2)10-18(16)23-19/h5-6,10,13-14,20,23H,4,7-9,11-12H2,1-3H3/t13?,14-,20-,22?/m0/s1. The summed E-state index contributed by atoms with van der Waals surface area (Å²) < 4.78 is 10.9. The van der Waals surface area contributed by atoms with Crippen LogP contribution in [0.15, 0.2) is 18.2 Å². The molecule has 5 nitrogen and oxygen atoms in total. The summed E-state index contributed by atoms with van der Waals surface area (Å²) >= 11 is 0. The molecule has 1 aromatic carbocycles. The van der Waals surface area contributed by atoms with E-state index in [4.69, 9.17) is 9.47 Å². The van der Waals surface area contributed by atoms with Gasteiger partial charge in [0.1, 0.15) is 11.2 Å². The third kappa shape index (κ3) is 2.18. The number of H-pyrrole nitrogens is 1. The highest BCUT2D eigenvalue weighted by Gasteiger charge is 2.62. The van der Waals surface area contributed by atoms with Gasteiger partial charge >= 0.3 is 5.97 Å². The van der Waals surface area contributed by atoms with Gasteiger partial charge in [-0.05, 0) is 48.8 Å². The van der Waals surface area contributed by atoms with Crippen LogP contribution in [0.5, 0.6) is 5.75 Å². The van der Waals surface area contributed by atoms with E-state index in [0.717, 1.165) is 49.3 Å². The monoisotopic (exact) mass is 368 g/mol. The normalized spacial score (nSPS) is 34.2. The molecule has 0 radical (unpaired) electrons. The minimum Gasteiger partial charge on any atom is -0.497 e. The SMILES string of the molecule is CC[C@H]1CC2CN3CCc4c([nH]c5cc(OC)ccc45)C(C(=O)OC)(C2)[C@H]13. The second-order valence-corrected chi connectivity index (χ2v) is 8.52. The zero-order valence-corrected chi connectivity index (χ0v) is 16.4. The number of nitrogens with zero attached hydrogens (tertiary/aromatic N) is 1. The second-order valence-electron chi connectivity index (χ2n) is 8.52. The van der Waals surface area contributed by atoms with Crippen LogP contribution in [-0.4, -0.2) is 49.2 Å². The number of benzene rings is 1. The lowest BCUT2D eigenvalue weighted by Crippen LogP contribution is -2.67. The minimum atomic E-state index is -0.575. The van der Waals surface area contributed by atoms with Crippen molar-refractivity contribution in [1.29, 1.82) is 0 Å².